The number of nitrogens with one attached hydrogen (secondary N) is 2. The Bertz CT molecular complexity index is 605. The van der Waals surface area contributed by atoms with E-state index in [0.717, 1.165) is 11.1 Å². The highest BCUT2D eigenvalue weighted by Gasteiger charge is 2.20. The fourth-order valence-corrected chi connectivity index (χ4v) is 2.35. The van der Waals surface area contributed by atoms with Crippen LogP contribution in [0.5, 0.6) is 0 Å². The highest BCUT2D eigenvalue weighted by atomic mass is 16.5. The monoisotopic (exact) mass is 326 g/mol. The Labute approximate surface area is 142 Å². The second-order valence-electron chi connectivity index (χ2n) is 5.33. The molecule has 0 aliphatic rings. The summed E-state index contributed by atoms with van der Waals surface area (Å²) in [7, 11) is 1.60. The van der Waals surface area contributed by atoms with Gasteiger partial charge in [0.25, 0.3) is 0 Å². The van der Waals surface area contributed by atoms with Crippen molar-refractivity contribution in [3.63, 3.8) is 0 Å². The molecule has 0 spiro atoms. The molecule has 0 aliphatic carbocycles. The van der Waals surface area contributed by atoms with Crippen molar-refractivity contribution in [2.75, 3.05) is 20.3 Å². The molecule has 0 heterocycles. The van der Waals surface area contributed by atoms with Crippen molar-refractivity contribution in [2.24, 2.45) is 0 Å². The van der Waals surface area contributed by atoms with E-state index in [-0.39, 0.29) is 6.04 Å². The van der Waals surface area contributed by atoms with E-state index in [1.807, 2.05) is 60.7 Å². The van der Waals surface area contributed by atoms with Gasteiger partial charge in [-0.3, -0.25) is 9.59 Å². The first-order chi connectivity index (χ1) is 11.7. The molecule has 0 saturated carbocycles. The van der Waals surface area contributed by atoms with Gasteiger partial charge in [0.1, 0.15) is 0 Å². The maximum atomic E-state index is 12.2. The third-order valence-corrected chi connectivity index (χ3v) is 3.56. The van der Waals surface area contributed by atoms with Gasteiger partial charge in [-0.15, -0.1) is 0 Å². The van der Waals surface area contributed by atoms with E-state index in [4.69, 9.17) is 4.74 Å². The highest BCUT2D eigenvalue weighted by Crippen LogP contribution is 2.21. The van der Waals surface area contributed by atoms with Crippen LogP contribution in [0.15, 0.2) is 60.7 Å². The van der Waals surface area contributed by atoms with Crippen LogP contribution >= 0.6 is 0 Å². The van der Waals surface area contributed by atoms with Crippen molar-refractivity contribution in [3.8, 4) is 0 Å². The van der Waals surface area contributed by atoms with E-state index in [1.54, 1.807) is 7.11 Å². The fourth-order valence-electron chi connectivity index (χ4n) is 2.35. The Morgan fingerprint density at radius 1 is 0.917 bits per heavy atom. The number of hydrogen-bond acceptors (Lipinski definition) is 3. The molecule has 0 unspecified atom stereocenters. The number of hydrogen-bond donors (Lipinski definition) is 2. The molecule has 2 aromatic rings. The van der Waals surface area contributed by atoms with Crippen LogP contribution in [-0.2, 0) is 14.3 Å². The van der Waals surface area contributed by atoms with E-state index in [9.17, 15) is 9.59 Å². The molecule has 2 rings (SSSR count). The molecular weight excluding hydrogens is 304 g/mol. The lowest BCUT2D eigenvalue weighted by Crippen LogP contribution is -2.42. The van der Waals surface area contributed by atoms with E-state index in [1.165, 1.54) is 0 Å². The van der Waals surface area contributed by atoms with Gasteiger partial charge in [0.2, 0.25) is 0 Å². The number of amides is 2. The summed E-state index contributed by atoms with van der Waals surface area (Å²) in [5, 5.41) is 5.40. The normalized spacial score (nSPS) is 10.4. The zero-order valence-electron chi connectivity index (χ0n) is 13.7. The second-order valence-corrected chi connectivity index (χ2v) is 5.33. The molecule has 0 saturated heterocycles. The first-order valence-corrected chi connectivity index (χ1v) is 7.90. The van der Waals surface area contributed by atoms with Gasteiger partial charge in [0, 0.05) is 20.3 Å². The van der Waals surface area contributed by atoms with Crippen molar-refractivity contribution in [2.45, 2.75) is 12.5 Å². The first-order valence-electron chi connectivity index (χ1n) is 7.90. The van der Waals surface area contributed by atoms with Crippen LogP contribution in [0.2, 0.25) is 0 Å². The number of carbonyl (C=O) groups is 2. The Morgan fingerprint density at radius 3 is 1.96 bits per heavy atom. The smallest absolute Gasteiger partial charge is 0.310 e. The summed E-state index contributed by atoms with van der Waals surface area (Å²) in [6.45, 7) is 0.944. The molecule has 0 fully saturated rings. The molecule has 0 radical (unpaired) electrons. The van der Waals surface area contributed by atoms with Gasteiger partial charge < -0.3 is 15.4 Å². The fraction of sp³-hybridized carbons (Fsp3) is 0.263. The summed E-state index contributed by atoms with van der Waals surface area (Å²) in [5.41, 5.74) is 1.84. The molecule has 5 heteroatoms. The van der Waals surface area contributed by atoms with Gasteiger partial charge >= 0.3 is 11.8 Å². The minimum Gasteiger partial charge on any atom is -0.385 e. The Morgan fingerprint density at radius 2 is 1.46 bits per heavy atom. The lowest BCUT2D eigenvalue weighted by Gasteiger charge is -2.19. The maximum absolute atomic E-state index is 12.2. The van der Waals surface area contributed by atoms with E-state index in [2.05, 4.69) is 10.6 Å². The highest BCUT2D eigenvalue weighted by molar-refractivity contribution is 6.35. The van der Waals surface area contributed by atoms with Gasteiger partial charge in [-0.1, -0.05) is 60.7 Å². The van der Waals surface area contributed by atoms with Gasteiger partial charge in [-0.05, 0) is 17.5 Å². The topological polar surface area (TPSA) is 67.4 Å². The number of benzene rings is 2. The number of rotatable bonds is 7. The summed E-state index contributed by atoms with van der Waals surface area (Å²) in [4.78, 5) is 24.1. The Kier molecular flexibility index (Phi) is 6.98. The largest absolute Gasteiger partial charge is 0.385 e. The zero-order chi connectivity index (χ0) is 17.2. The molecule has 2 aromatic carbocycles. The average molecular weight is 326 g/mol. The van der Waals surface area contributed by atoms with Crippen molar-refractivity contribution < 1.29 is 14.3 Å². The standard InChI is InChI=1S/C19H22N2O3/c1-24-14-8-13-20-18(22)19(23)21-17(15-9-4-2-5-10-15)16-11-6-3-7-12-16/h2-7,9-12,17H,8,13-14H2,1H3,(H,20,22)(H,21,23). The van der Waals surface area contributed by atoms with Crippen LogP contribution in [0.1, 0.15) is 23.6 Å². The molecule has 0 aliphatic heterocycles. The minimum atomic E-state index is -0.648. The molecule has 0 aromatic heterocycles. The molecule has 0 bridgehead atoms. The van der Waals surface area contributed by atoms with Crippen LogP contribution in [0.4, 0.5) is 0 Å². The predicted octanol–water partition coefficient (Wildman–Crippen LogP) is 2.04. The van der Waals surface area contributed by atoms with Crippen LogP contribution in [0, 0.1) is 0 Å². The van der Waals surface area contributed by atoms with E-state index >= 15 is 0 Å². The summed E-state index contributed by atoms with van der Waals surface area (Å²) in [5.74, 6) is -1.28. The van der Waals surface area contributed by atoms with Crippen molar-refractivity contribution >= 4 is 11.8 Å². The second kappa shape index (κ2) is 9.47. The summed E-state index contributed by atoms with van der Waals surface area (Å²) in [6, 6.07) is 18.8. The number of methoxy groups -OCH3 is 1. The summed E-state index contributed by atoms with van der Waals surface area (Å²) < 4.78 is 4.91. The van der Waals surface area contributed by atoms with Crippen molar-refractivity contribution in [3.05, 3.63) is 71.8 Å². The number of carbonyl (C=O) groups excluding carboxylic acids is 2. The summed E-state index contributed by atoms with van der Waals surface area (Å²) >= 11 is 0. The molecule has 24 heavy (non-hydrogen) atoms. The quantitative estimate of drug-likeness (QED) is 0.604. The molecule has 126 valence electrons. The minimum absolute atomic E-state index is 0.371. The lowest BCUT2D eigenvalue weighted by atomic mass is 9.99. The van der Waals surface area contributed by atoms with Crippen molar-refractivity contribution in [1.82, 2.24) is 10.6 Å². The van der Waals surface area contributed by atoms with Gasteiger partial charge in [-0.2, -0.15) is 0 Å². The van der Waals surface area contributed by atoms with Crippen LogP contribution in [0.3, 0.4) is 0 Å². The van der Waals surface area contributed by atoms with Crippen molar-refractivity contribution in [1.29, 1.82) is 0 Å². The molecular formula is C19H22N2O3. The molecule has 2 amide bonds. The van der Waals surface area contributed by atoms with E-state index < -0.39 is 11.8 Å². The maximum Gasteiger partial charge on any atom is 0.310 e. The van der Waals surface area contributed by atoms with Crippen LogP contribution < -0.4 is 10.6 Å². The van der Waals surface area contributed by atoms with Gasteiger partial charge in [-0.25, -0.2) is 0 Å². The Hall–Kier alpha value is -2.66. The third kappa shape index (κ3) is 5.21. The molecule has 5 nitrogen and oxygen atoms in total. The third-order valence-electron chi connectivity index (χ3n) is 3.56. The van der Waals surface area contributed by atoms with Gasteiger partial charge in [0.15, 0.2) is 0 Å². The molecule has 2 N–H and O–H groups in total. The van der Waals surface area contributed by atoms with Crippen LogP contribution in [0.25, 0.3) is 0 Å². The Balaban J connectivity index is 2.06. The first kappa shape index (κ1) is 17.7. The predicted molar refractivity (Wildman–Crippen MR) is 92.4 cm³/mol. The summed E-state index contributed by atoms with van der Waals surface area (Å²) in [6.07, 6.45) is 0.663. The lowest BCUT2D eigenvalue weighted by molar-refractivity contribution is -0.139. The SMILES string of the molecule is COCCCNC(=O)C(=O)NC(c1ccccc1)c1ccccc1. The molecule has 0 atom stereocenters. The van der Waals surface area contributed by atoms with Crippen LogP contribution in [-0.4, -0.2) is 32.1 Å². The van der Waals surface area contributed by atoms with E-state index in [0.29, 0.717) is 19.6 Å². The zero-order valence-corrected chi connectivity index (χ0v) is 13.7. The average Bonchev–Trinajstić information content (AvgIpc) is 2.64. The van der Waals surface area contributed by atoms with Gasteiger partial charge in [0.05, 0.1) is 6.04 Å². The number of ether oxygens (including phenoxy) is 1.